The van der Waals surface area contributed by atoms with Crippen LogP contribution in [0.3, 0.4) is 0 Å². The maximum absolute atomic E-state index is 3.47. The number of benzene rings is 1. The van der Waals surface area contributed by atoms with E-state index in [9.17, 15) is 0 Å². The van der Waals surface area contributed by atoms with Gasteiger partial charge in [0.2, 0.25) is 0 Å². The molecule has 2 fully saturated rings. The molecule has 1 saturated carbocycles. The summed E-state index contributed by atoms with van der Waals surface area (Å²) in [5, 5.41) is 6.86. The van der Waals surface area contributed by atoms with Crippen LogP contribution in [0, 0.1) is 0 Å². The highest BCUT2D eigenvalue weighted by Gasteiger charge is 2.38. The van der Waals surface area contributed by atoms with Crippen LogP contribution < -0.4 is 10.6 Å². The quantitative estimate of drug-likeness (QED) is 0.850. The highest BCUT2D eigenvalue weighted by atomic mass is 14.9. The first-order chi connectivity index (χ1) is 8.84. The van der Waals surface area contributed by atoms with Crippen molar-refractivity contribution in [3.8, 4) is 0 Å². The van der Waals surface area contributed by atoms with E-state index in [1.807, 2.05) is 0 Å². The maximum Gasteiger partial charge on any atom is 0.00777 e. The van der Waals surface area contributed by atoms with Gasteiger partial charge < -0.3 is 10.6 Å². The number of nitrogens with one attached hydrogen (secondary N) is 2. The summed E-state index contributed by atoms with van der Waals surface area (Å²) < 4.78 is 0. The Morgan fingerprint density at radius 3 is 2.89 bits per heavy atom. The van der Waals surface area contributed by atoms with Gasteiger partial charge in [0.1, 0.15) is 0 Å². The van der Waals surface area contributed by atoms with Crippen LogP contribution in [0.1, 0.15) is 42.7 Å². The monoisotopic (exact) mass is 244 g/mol. The van der Waals surface area contributed by atoms with Crippen LogP contribution in [0.25, 0.3) is 0 Å². The van der Waals surface area contributed by atoms with Gasteiger partial charge in [-0.2, -0.15) is 0 Å². The summed E-state index contributed by atoms with van der Waals surface area (Å²) in [7, 11) is 2.07. The number of hydrogen-bond donors (Lipinski definition) is 2. The first kappa shape index (κ1) is 12.2. The lowest BCUT2D eigenvalue weighted by Crippen LogP contribution is -2.42. The van der Waals surface area contributed by atoms with Gasteiger partial charge in [0.25, 0.3) is 0 Å². The molecule has 1 unspecified atom stereocenters. The molecule has 1 saturated heterocycles. The van der Waals surface area contributed by atoms with Crippen molar-refractivity contribution in [3.63, 3.8) is 0 Å². The van der Waals surface area contributed by atoms with Crippen molar-refractivity contribution >= 4 is 0 Å². The molecule has 0 amide bonds. The third-order valence-corrected chi connectivity index (χ3v) is 4.86. The largest absolute Gasteiger partial charge is 0.319 e. The van der Waals surface area contributed by atoms with Crippen molar-refractivity contribution in [2.45, 2.75) is 37.0 Å². The highest BCUT2D eigenvalue weighted by Crippen LogP contribution is 2.43. The molecule has 2 aliphatic rings. The number of hydrogen-bond acceptors (Lipinski definition) is 2. The summed E-state index contributed by atoms with van der Waals surface area (Å²) in [5.41, 5.74) is 3.53. The minimum Gasteiger partial charge on any atom is -0.319 e. The normalized spacial score (nSPS) is 25.9. The van der Waals surface area contributed by atoms with E-state index < -0.39 is 0 Å². The van der Waals surface area contributed by atoms with E-state index in [0.29, 0.717) is 5.41 Å². The molecule has 1 aliphatic heterocycles. The minimum atomic E-state index is 0.427. The number of likely N-dealkylation sites (N-methyl/N-ethyl adjacent to an activating group) is 1. The van der Waals surface area contributed by atoms with E-state index in [1.165, 1.54) is 32.2 Å². The van der Waals surface area contributed by atoms with Gasteiger partial charge in [-0.25, -0.2) is 0 Å². The Kier molecular flexibility index (Phi) is 3.40. The van der Waals surface area contributed by atoms with E-state index in [-0.39, 0.29) is 0 Å². The average molecular weight is 244 g/mol. The van der Waals surface area contributed by atoms with Crippen molar-refractivity contribution in [3.05, 3.63) is 35.4 Å². The number of rotatable bonds is 4. The summed E-state index contributed by atoms with van der Waals surface area (Å²) in [6, 6.07) is 9.39. The molecule has 0 aromatic heterocycles. The smallest absolute Gasteiger partial charge is 0.00777 e. The van der Waals surface area contributed by atoms with Gasteiger partial charge in [-0.05, 0) is 49.9 Å². The molecule has 1 aliphatic carbocycles. The summed E-state index contributed by atoms with van der Waals surface area (Å²) in [6.45, 7) is 3.46. The third-order valence-electron chi connectivity index (χ3n) is 4.86. The Labute approximate surface area is 110 Å². The van der Waals surface area contributed by atoms with Gasteiger partial charge in [0, 0.05) is 18.5 Å². The van der Waals surface area contributed by atoms with Crippen molar-refractivity contribution < 1.29 is 0 Å². The molecule has 0 radical (unpaired) electrons. The van der Waals surface area contributed by atoms with Gasteiger partial charge in [-0.3, -0.25) is 0 Å². The van der Waals surface area contributed by atoms with Crippen LogP contribution in [0.15, 0.2) is 24.3 Å². The van der Waals surface area contributed by atoms with Crippen LogP contribution in [0.5, 0.6) is 0 Å². The fourth-order valence-corrected chi connectivity index (χ4v) is 3.57. The van der Waals surface area contributed by atoms with Crippen molar-refractivity contribution in [1.82, 2.24) is 10.6 Å². The lowest BCUT2D eigenvalue weighted by Gasteiger charge is -2.43. The van der Waals surface area contributed by atoms with Crippen LogP contribution in [0.2, 0.25) is 0 Å². The Balaban J connectivity index is 1.85. The van der Waals surface area contributed by atoms with Crippen LogP contribution in [0.4, 0.5) is 0 Å². The Bertz CT molecular complexity index is 403. The first-order valence-electron chi connectivity index (χ1n) is 7.30. The molecule has 1 aromatic carbocycles. The Hall–Kier alpha value is -0.860. The SMILES string of the molecule is CNCC1(c2cccc(C3CCNC3)c2)CCC1. The predicted octanol–water partition coefficient (Wildman–Crippen LogP) is 2.40. The van der Waals surface area contributed by atoms with E-state index in [1.54, 1.807) is 11.1 Å². The second-order valence-corrected chi connectivity index (χ2v) is 5.98. The third kappa shape index (κ3) is 2.08. The fraction of sp³-hybridized carbons (Fsp3) is 0.625. The standard InChI is InChI=1S/C16H24N2/c1-17-12-16(7-3-8-16)15-5-2-4-13(10-15)14-6-9-18-11-14/h2,4-5,10,14,17-18H,3,6-9,11-12H2,1H3. The Morgan fingerprint density at radius 1 is 1.39 bits per heavy atom. The maximum atomic E-state index is 3.47. The van der Waals surface area contributed by atoms with Crippen molar-refractivity contribution in [2.24, 2.45) is 0 Å². The molecule has 1 aromatic rings. The van der Waals surface area contributed by atoms with Gasteiger partial charge in [0.05, 0.1) is 0 Å². The highest BCUT2D eigenvalue weighted by molar-refractivity contribution is 5.35. The summed E-state index contributed by atoms with van der Waals surface area (Å²) in [6.07, 6.45) is 5.37. The predicted molar refractivity (Wildman–Crippen MR) is 76.1 cm³/mol. The molecule has 1 heterocycles. The fourth-order valence-electron chi connectivity index (χ4n) is 3.57. The van der Waals surface area contributed by atoms with Crippen molar-refractivity contribution in [2.75, 3.05) is 26.7 Å². The second-order valence-electron chi connectivity index (χ2n) is 5.98. The van der Waals surface area contributed by atoms with Gasteiger partial charge in [-0.15, -0.1) is 0 Å². The van der Waals surface area contributed by atoms with Crippen LogP contribution in [-0.2, 0) is 5.41 Å². The summed E-state index contributed by atoms with van der Waals surface area (Å²) in [4.78, 5) is 0. The Morgan fingerprint density at radius 2 is 2.28 bits per heavy atom. The zero-order chi connectivity index (χ0) is 12.4. The summed E-state index contributed by atoms with van der Waals surface area (Å²) >= 11 is 0. The minimum absolute atomic E-state index is 0.427. The first-order valence-corrected chi connectivity index (χ1v) is 7.30. The zero-order valence-corrected chi connectivity index (χ0v) is 11.3. The van der Waals surface area contributed by atoms with Crippen LogP contribution in [-0.4, -0.2) is 26.7 Å². The van der Waals surface area contributed by atoms with Crippen molar-refractivity contribution in [1.29, 1.82) is 0 Å². The molecule has 2 nitrogen and oxygen atoms in total. The van der Waals surface area contributed by atoms with E-state index in [0.717, 1.165) is 19.0 Å². The lowest BCUT2D eigenvalue weighted by atomic mass is 9.64. The molecule has 0 spiro atoms. The topological polar surface area (TPSA) is 24.1 Å². The molecule has 2 heteroatoms. The average Bonchev–Trinajstić information content (AvgIpc) is 2.88. The molecular formula is C16H24N2. The lowest BCUT2D eigenvalue weighted by molar-refractivity contribution is 0.239. The van der Waals surface area contributed by atoms with Gasteiger partial charge >= 0.3 is 0 Å². The molecule has 3 rings (SSSR count). The van der Waals surface area contributed by atoms with Crippen LogP contribution >= 0.6 is 0 Å². The second kappa shape index (κ2) is 5.02. The van der Waals surface area contributed by atoms with Gasteiger partial charge in [0.15, 0.2) is 0 Å². The molecule has 1 atom stereocenters. The summed E-state index contributed by atoms with van der Waals surface area (Å²) in [5.74, 6) is 0.733. The molecule has 18 heavy (non-hydrogen) atoms. The van der Waals surface area contributed by atoms with E-state index >= 15 is 0 Å². The van der Waals surface area contributed by atoms with E-state index in [2.05, 4.69) is 41.9 Å². The molecule has 98 valence electrons. The molecule has 0 bridgehead atoms. The zero-order valence-electron chi connectivity index (χ0n) is 11.3. The molecular weight excluding hydrogens is 220 g/mol. The molecule has 2 N–H and O–H groups in total. The van der Waals surface area contributed by atoms with Gasteiger partial charge in [-0.1, -0.05) is 30.7 Å². The van der Waals surface area contributed by atoms with E-state index in [4.69, 9.17) is 0 Å².